The van der Waals surface area contributed by atoms with Crippen LogP contribution in [0.3, 0.4) is 0 Å². The van der Waals surface area contributed by atoms with Gasteiger partial charge in [0.1, 0.15) is 19.3 Å². The van der Waals surface area contributed by atoms with E-state index in [0.717, 1.165) is 0 Å². The van der Waals surface area contributed by atoms with Gasteiger partial charge in [0.25, 0.3) is 0 Å². The molecule has 0 N–H and O–H groups in total. The fraction of sp³-hybridized carbons (Fsp3) is 0.667. The second-order valence-corrected chi connectivity index (χ2v) is 19.1. The van der Waals surface area contributed by atoms with E-state index < -0.39 is 94.2 Å². The minimum Gasteiger partial charge on any atom is -0.463 e. The molecule has 0 aliphatic carbocycles. The lowest BCUT2D eigenvalue weighted by molar-refractivity contribution is -0.294. The van der Waals surface area contributed by atoms with Gasteiger partial charge in [-0.3, -0.25) is 28.7 Å². The molecule has 0 amide bonds. The first kappa shape index (κ1) is 45.7. The lowest BCUT2D eigenvalue weighted by atomic mass is 9.93. The Bertz CT molecular complexity index is 1820. The van der Waals surface area contributed by atoms with Gasteiger partial charge in [-0.2, -0.15) is 0 Å². The first-order valence-corrected chi connectivity index (χ1v) is 18.7. The molecular formula is C42H60N2O12. The van der Waals surface area contributed by atoms with Crippen molar-refractivity contribution in [1.82, 2.24) is 9.78 Å². The van der Waals surface area contributed by atoms with Crippen molar-refractivity contribution in [3.63, 3.8) is 0 Å². The molecule has 1 aromatic carbocycles. The van der Waals surface area contributed by atoms with Gasteiger partial charge in [0.2, 0.25) is 18.3 Å². The van der Waals surface area contributed by atoms with E-state index in [-0.39, 0.29) is 19.0 Å². The van der Waals surface area contributed by atoms with Gasteiger partial charge in [0.05, 0.1) is 44.5 Å². The number of hydrogen-bond donors (Lipinski definition) is 0. The van der Waals surface area contributed by atoms with Crippen LogP contribution in [0.4, 0.5) is 0 Å². The van der Waals surface area contributed by atoms with Crippen LogP contribution in [-0.2, 0) is 58.9 Å². The second-order valence-electron chi connectivity index (χ2n) is 19.1. The predicted octanol–water partition coefficient (Wildman–Crippen LogP) is 6.17. The summed E-state index contributed by atoms with van der Waals surface area (Å²) < 4.78 is 44.0. The Morgan fingerprint density at radius 3 is 1.62 bits per heavy atom. The largest absolute Gasteiger partial charge is 0.463 e. The quantitative estimate of drug-likeness (QED) is 0.153. The van der Waals surface area contributed by atoms with Crippen molar-refractivity contribution in [3.05, 3.63) is 23.8 Å². The molecule has 1 aliphatic rings. The third-order valence-corrected chi connectivity index (χ3v) is 8.43. The molecule has 1 fully saturated rings. The number of rotatable bonds is 10. The molecule has 0 bridgehead atoms. The normalized spacial score (nSPS) is 20.7. The molecule has 56 heavy (non-hydrogen) atoms. The average Bonchev–Trinajstić information content (AvgIpc) is 3.40. The molecule has 2 heterocycles. The van der Waals surface area contributed by atoms with Gasteiger partial charge in [-0.15, -0.1) is 11.5 Å². The predicted molar refractivity (Wildman–Crippen MR) is 206 cm³/mol. The fourth-order valence-corrected chi connectivity index (χ4v) is 4.90. The number of carbonyl (C=O) groups excluding carboxylic acids is 5. The van der Waals surface area contributed by atoms with Crippen molar-refractivity contribution in [1.29, 1.82) is 0 Å². The highest BCUT2D eigenvalue weighted by Crippen LogP contribution is 2.37. The lowest BCUT2D eigenvalue weighted by Gasteiger charge is -2.45. The Hall–Kier alpha value is -4.64. The number of terminal acetylenes is 1. The third kappa shape index (κ3) is 11.5. The molecule has 1 aliphatic heterocycles. The first-order chi connectivity index (χ1) is 25.5. The molecule has 1 aromatic heterocycles. The van der Waals surface area contributed by atoms with Crippen LogP contribution in [0.25, 0.3) is 10.9 Å². The van der Waals surface area contributed by atoms with Gasteiger partial charge < -0.3 is 33.2 Å². The monoisotopic (exact) mass is 784 g/mol. The highest BCUT2D eigenvalue weighted by Gasteiger charge is 2.56. The number of esters is 5. The molecule has 0 saturated carbocycles. The molecule has 0 radical (unpaired) electrons. The molecule has 14 nitrogen and oxygen atoms in total. The standard InChI is InChI=1S/C42H60N2O12/c1-17-24-19-18-20-25-27(24)31(43-44(25)21-22-50-33(45)38(2,3)4)56-32-30(55-37(49)42(14,15)16)29(54-36(48)41(11,12)13)28(53-35(47)40(8,9)10)26(52-32)23-51-34(46)39(5,6)7/h1,18-20,26,28-30,32H,21-23H2,2-16H3/t26-,28-,29+,30-,32+/m1/s1. The van der Waals surface area contributed by atoms with Crippen LogP contribution in [0.15, 0.2) is 18.2 Å². The first-order valence-electron chi connectivity index (χ1n) is 18.7. The summed E-state index contributed by atoms with van der Waals surface area (Å²) in [6.07, 6.45) is -1.53. The average molecular weight is 785 g/mol. The van der Waals surface area contributed by atoms with E-state index >= 15 is 0 Å². The zero-order valence-electron chi connectivity index (χ0n) is 35.6. The van der Waals surface area contributed by atoms with Crippen LogP contribution >= 0.6 is 0 Å². The van der Waals surface area contributed by atoms with Crippen LogP contribution in [0.1, 0.15) is 109 Å². The van der Waals surface area contributed by atoms with Crippen LogP contribution in [-0.4, -0.2) is 83.5 Å². The Morgan fingerprint density at radius 1 is 0.679 bits per heavy atom. The Balaban J connectivity index is 2.26. The Morgan fingerprint density at radius 2 is 1.14 bits per heavy atom. The molecule has 3 rings (SSSR count). The molecule has 0 spiro atoms. The van der Waals surface area contributed by atoms with Crippen LogP contribution in [0, 0.1) is 39.4 Å². The van der Waals surface area contributed by atoms with E-state index in [4.69, 9.17) is 39.6 Å². The summed E-state index contributed by atoms with van der Waals surface area (Å²) >= 11 is 0. The maximum Gasteiger partial charge on any atom is 0.311 e. The number of aromatic nitrogens is 2. The van der Waals surface area contributed by atoms with Crippen LogP contribution in [0.5, 0.6) is 5.88 Å². The van der Waals surface area contributed by atoms with Crippen LogP contribution < -0.4 is 4.74 Å². The zero-order valence-corrected chi connectivity index (χ0v) is 35.6. The SMILES string of the molecule is C#Cc1cccc2c1c(O[C@@H]1O[C@H](COC(=O)C(C)(C)C)[C@@H](OC(=O)C(C)(C)C)[C@H](OC(=O)C(C)(C)C)[C@H]1OC(=O)C(C)(C)C)nn2CCOC(=O)C(C)(C)C. The third-order valence-electron chi connectivity index (χ3n) is 8.43. The minimum atomic E-state index is -1.60. The molecule has 0 unspecified atom stereocenters. The summed E-state index contributed by atoms with van der Waals surface area (Å²) in [5.74, 6) is -0.504. The number of fused-ring (bicyclic) bond motifs is 1. The summed E-state index contributed by atoms with van der Waals surface area (Å²) in [4.78, 5) is 66.5. The highest BCUT2D eigenvalue weighted by atomic mass is 16.7. The summed E-state index contributed by atoms with van der Waals surface area (Å²) in [7, 11) is 0. The highest BCUT2D eigenvalue weighted by molar-refractivity contribution is 5.90. The molecule has 1 saturated heterocycles. The van der Waals surface area contributed by atoms with Crippen molar-refractivity contribution in [2.75, 3.05) is 13.2 Å². The van der Waals surface area contributed by atoms with Gasteiger partial charge in [0, 0.05) is 5.56 Å². The Kier molecular flexibility index (Phi) is 13.8. The summed E-state index contributed by atoms with van der Waals surface area (Å²) in [6, 6.07) is 5.18. The molecular weight excluding hydrogens is 724 g/mol. The number of carbonyl (C=O) groups is 5. The maximum absolute atomic E-state index is 13.7. The lowest BCUT2D eigenvalue weighted by Crippen LogP contribution is -2.65. The van der Waals surface area contributed by atoms with Gasteiger partial charge >= 0.3 is 29.8 Å². The van der Waals surface area contributed by atoms with Gasteiger partial charge in [-0.25, -0.2) is 0 Å². The van der Waals surface area contributed by atoms with Crippen molar-refractivity contribution in [3.8, 4) is 18.2 Å². The molecule has 2 aromatic rings. The topological polar surface area (TPSA) is 168 Å². The summed E-state index contributed by atoms with van der Waals surface area (Å²) in [5.41, 5.74) is -3.86. The van der Waals surface area contributed by atoms with E-state index in [1.165, 1.54) is 0 Å². The van der Waals surface area contributed by atoms with Crippen molar-refractivity contribution < 1.29 is 57.1 Å². The van der Waals surface area contributed by atoms with Gasteiger partial charge in [-0.05, 0) is 116 Å². The van der Waals surface area contributed by atoms with Crippen LogP contribution in [0.2, 0.25) is 0 Å². The zero-order chi connectivity index (χ0) is 42.8. The van der Waals surface area contributed by atoms with Crippen molar-refractivity contribution >= 4 is 40.7 Å². The van der Waals surface area contributed by atoms with E-state index in [1.807, 2.05) is 0 Å². The minimum absolute atomic E-state index is 0.0226. The number of ether oxygens (including phenoxy) is 7. The fourth-order valence-electron chi connectivity index (χ4n) is 4.90. The summed E-state index contributed by atoms with van der Waals surface area (Å²) in [6.45, 7) is 24.6. The van der Waals surface area contributed by atoms with Gasteiger partial charge in [-0.1, -0.05) is 12.0 Å². The van der Waals surface area contributed by atoms with E-state index in [2.05, 4.69) is 11.0 Å². The van der Waals surface area contributed by atoms with Crippen molar-refractivity contribution in [2.24, 2.45) is 27.1 Å². The summed E-state index contributed by atoms with van der Waals surface area (Å²) in [5, 5.41) is 5.07. The van der Waals surface area contributed by atoms with E-state index in [9.17, 15) is 24.0 Å². The molecule has 5 atom stereocenters. The smallest absolute Gasteiger partial charge is 0.311 e. The number of benzene rings is 1. The number of nitrogens with zero attached hydrogens (tertiary/aromatic N) is 2. The maximum atomic E-state index is 13.7. The van der Waals surface area contributed by atoms with Gasteiger partial charge in [0.15, 0.2) is 12.2 Å². The van der Waals surface area contributed by atoms with E-state index in [0.29, 0.717) is 16.5 Å². The second kappa shape index (κ2) is 16.8. The van der Waals surface area contributed by atoms with E-state index in [1.54, 1.807) is 127 Å². The number of hydrogen-bond acceptors (Lipinski definition) is 13. The molecule has 310 valence electrons. The Labute approximate surface area is 330 Å². The molecule has 14 heteroatoms. The van der Waals surface area contributed by atoms with Crippen molar-refractivity contribution in [2.45, 2.75) is 141 Å².